The first-order chi connectivity index (χ1) is 24.0. The van der Waals surface area contributed by atoms with E-state index in [1.807, 2.05) is 24.3 Å². The highest BCUT2D eigenvalue weighted by Crippen LogP contribution is 2.76. The van der Waals surface area contributed by atoms with Gasteiger partial charge < -0.3 is 25.2 Å². The van der Waals surface area contributed by atoms with Gasteiger partial charge in [0.15, 0.2) is 0 Å². The molecule has 0 radical (unpaired) electrons. The number of nitrogens with zero attached hydrogens (tertiary/aromatic N) is 1. The Bertz CT molecular complexity index is 1580. The van der Waals surface area contributed by atoms with E-state index in [0.717, 1.165) is 75.4 Å². The molecule has 1 saturated heterocycles. The predicted molar refractivity (Wildman–Crippen MR) is 206 cm³/mol. The number of hydrogen-bond acceptors (Lipinski definition) is 7. The van der Waals surface area contributed by atoms with Gasteiger partial charge in [-0.2, -0.15) is 0 Å². The highest BCUT2D eigenvalue weighted by molar-refractivity contribution is 7.85. The van der Waals surface area contributed by atoms with Crippen molar-refractivity contribution >= 4 is 22.3 Å². The summed E-state index contributed by atoms with van der Waals surface area (Å²) in [5.74, 6) is 2.80. The highest BCUT2D eigenvalue weighted by Gasteiger charge is 2.75. The fourth-order valence-electron chi connectivity index (χ4n) is 13.8. The van der Waals surface area contributed by atoms with Crippen LogP contribution in [0.4, 0.5) is 0 Å². The van der Waals surface area contributed by atoms with Crippen molar-refractivity contribution in [3.05, 3.63) is 53.6 Å². The van der Waals surface area contributed by atoms with E-state index >= 15 is 0 Å². The second kappa shape index (κ2) is 13.2. The Morgan fingerprint density at radius 3 is 2.33 bits per heavy atom. The summed E-state index contributed by atoms with van der Waals surface area (Å²) in [7, 11) is 0.735. The molecule has 8 heteroatoms. The largest absolute Gasteiger partial charge is 0.465 e. The summed E-state index contributed by atoms with van der Waals surface area (Å²) in [4.78, 5) is 14.6. The standard InChI is InChI=1S/C43H64N2O5S/c1-27(2)30-15-18-43(44-19-20-45-21-23-51(49)24-22-45)26-36(47)41(6)32(37(30)43)13-14-33-40(5)17-16-31(28-9-11-29(12-10-28)38(48)50-8)39(3,4)34(40)25-35(46)42(33,41)7/h9-12,16,30,32-37,44,46-47H,1,13-15,17-26H2,2-8H3/t30-,32?,33?,34?,35?,36-,37+,40?,41-,42?,43?/m0/s1. The van der Waals surface area contributed by atoms with Crippen LogP contribution in [-0.4, -0.2) is 87.8 Å². The summed E-state index contributed by atoms with van der Waals surface area (Å²) >= 11 is 0. The Morgan fingerprint density at radius 1 is 1.00 bits per heavy atom. The molecule has 11 atom stereocenters. The number of methoxy groups -OCH3 is 1. The van der Waals surface area contributed by atoms with Crippen molar-refractivity contribution in [2.45, 2.75) is 104 Å². The Balaban J connectivity index is 1.20. The molecule has 7 unspecified atom stereocenters. The minimum absolute atomic E-state index is 0.0328. The molecule has 5 aliphatic carbocycles. The monoisotopic (exact) mass is 720 g/mol. The molecule has 4 saturated carbocycles. The third-order valence-electron chi connectivity index (χ3n) is 16.6. The van der Waals surface area contributed by atoms with Crippen molar-refractivity contribution in [1.29, 1.82) is 0 Å². The molecular formula is C43H64N2O5S. The first-order valence-electron chi connectivity index (χ1n) is 19.8. The molecule has 0 amide bonds. The molecule has 3 N–H and O–H groups in total. The van der Waals surface area contributed by atoms with E-state index < -0.39 is 33.8 Å². The van der Waals surface area contributed by atoms with Gasteiger partial charge in [0.1, 0.15) is 0 Å². The summed E-state index contributed by atoms with van der Waals surface area (Å²) in [6, 6.07) is 7.81. The van der Waals surface area contributed by atoms with Crippen molar-refractivity contribution in [2.75, 3.05) is 44.8 Å². The van der Waals surface area contributed by atoms with Gasteiger partial charge in [-0.25, -0.2) is 4.79 Å². The lowest BCUT2D eigenvalue weighted by atomic mass is 9.31. The number of allylic oxidation sites excluding steroid dienone is 3. The van der Waals surface area contributed by atoms with Gasteiger partial charge >= 0.3 is 5.97 Å². The molecule has 1 aromatic carbocycles. The third kappa shape index (κ3) is 5.54. The van der Waals surface area contributed by atoms with Crippen LogP contribution in [0, 0.1) is 51.2 Å². The molecule has 0 aromatic heterocycles. The average molecular weight is 721 g/mol. The van der Waals surface area contributed by atoms with E-state index in [1.165, 1.54) is 18.3 Å². The van der Waals surface area contributed by atoms with E-state index in [0.29, 0.717) is 30.2 Å². The normalized spacial score (nSPS) is 43.6. The van der Waals surface area contributed by atoms with Crippen molar-refractivity contribution in [3.8, 4) is 0 Å². The molecule has 7 nitrogen and oxygen atoms in total. The van der Waals surface area contributed by atoms with Gasteiger partial charge in [0.25, 0.3) is 0 Å². The Labute approximate surface area is 309 Å². The quantitative estimate of drug-likeness (QED) is 0.220. The van der Waals surface area contributed by atoms with E-state index in [2.05, 4.69) is 64.4 Å². The fraction of sp³-hybridized carbons (Fsp3) is 0.744. The maximum Gasteiger partial charge on any atom is 0.337 e. The lowest BCUT2D eigenvalue weighted by Gasteiger charge is -2.74. The number of aliphatic hydroxyl groups excluding tert-OH is 2. The zero-order valence-electron chi connectivity index (χ0n) is 32.3. The van der Waals surface area contributed by atoms with Gasteiger partial charge in [-0.1, -0.05) is 65.0 Å². The van der Waals surface area contributed by atoms with Crippen LogP contribution in [0.25, 0.3) is 5.57 Å². The zero-order chi connectivity index (χ0) is 36.7. The SMILES string of the molecule is C=C(C)[C@@H]1CCC2(NCCN3CCS(=O)CC3)C[C@H](O)[C@]3(C)C(CCC4C5(C)CC=C(c6ccc(C(=O)OC)cc6)C(C)(C)C5CC(O)C43C)[C@@H]12. The topological polar surface area (TPSA) is 99.1 Å². The molecule has 51 heavy (non-hydrogen) atoms. The number of fused-ring (bicyclic) bond motifs is 7. The van der Waals surface area contributed by atoms with Crippen LogP contribution in [0.15, 0.2) is 42.5 Å². The van der Waals surface area contributed by atoms with Crippen LogP contribution in [0.1, 0.15) is 102 Å². The molecule has 1 aromatic rings. The van der Waals surface area contributed by atoms with Crippen LogP contribution in [0.2, 0.25) is 0 Å². The molecule has 0 bridgehead atoms. The minimum Gasteiger partial charge on any atom is -0.465 e. The lowest BCUT2D eigenvalue weighted by Crippen LogP contribution is -2.75. The molecule has 5 fully saturated rings. The van der Waals surface area contributed by atoms with Gasteiger partial charge in [-0.15, -0.1) is 0 Å². The number of carbonyl (C=O) groups is 1. The Kier molecular flexibility index (Phi) is 9.68. The van der Waals surface area contributed by atoms with Crippen molar-refractivity contribution in [3.63, 3.8) is 0 Å². The number of rotatable bonds is 7. The summed E-state index contributed by atoms with van der Waals surface area (Å²) in [5.41, 5.74) is 2.98. The molecule has 1 aliphatic heterocycles. The molecule has 0 spiro atoms. The second-order valence-electron chi connectivity index (χ2n) is 18.7. The van der Waals surface area contributed by atoms with Crippen molar-refractivity contribution < 1.29 is 24.0 Å². The number of nitrogens with one attached hydrogen (secondary N) is 1. The highest BCUT2D eigenvalue weighted by atomic mass is 32.2. The van der Waals surface area contributed by atoms with E-state index in [-0.39, 0.29) is 40.1 Å². The Hall–Kier alpha value is -1.84. The van der Waals surface area contributed by atoms with Crippen LogP contribution >= 0.6 is 0 Å². The predicted octanol–water partition coefficient (Wildman–Crippen LogP) is 6.47. The average Bonchev–Trinajstić information content (AvgIpc) is 3.47. The zero-order valence-corrected chi connectivity index (χ0v) is 33.1. The number of aliphatic hydroxyl groups is 2. The van der Waals surface area contributed by atoms with Crippen molar-refractivity contribution in [2.24, 2.45) is 51.2 Å². The molecule has 282 valence electrons. The Morgan fingerprint density at radius 2 is 1.69 bits per heavy atom. The number of esters is 1. The van der Waals surface area contributed by atoms with Gasteiger partial charge in [-0.05, 0) is 116 Å². The number of carbonyl (C=O) groups excluding carboxylic acids is 1. The molecule has 7 rings (SSSR count). The minimum atomic E-state index is -0.677. The molecule has 1 heterocycles. The van der Waals surface area contributed by atoms with Gasteiger partial charge in [-0.3, -0.25) is 4.21 Å². The first kappa shape index (κ1) is 37.5. The number of benzene rings is 1. The van der Waals surface area contributed by atoms with Gasteiger partial charge in [0, 0.05) is 64.9 Å². The van der Waals surface area contributed by atoms with E-state index in [1.54, 1.807) is 0 Å². The van der Waals surface area contributed by atoms with Crippen LogP contribution in [-0.2, 0) is 15.5 Å². The van der Waals surface area contributed by atoms with E-state index in [9.17, 15) is 19.2 Å². The second-order valence-corrected chi connectivity index (χ2v) is 20.4. The molecular weight excluding hydrogens is 657 g/mol. The summed E-state index contributed by atoms with van der Waals surface area (Å²) in [6.07, 6.45) is 8.03. The third-order valence-corrected chi connectivity index (χ3v) is 17.8. The summed E-state index contributed by atoms with van der Waals surface area (Å²) < 4.78 is 16.9. The van der Waals surface area contributed by atoms with Crippen LogP contribution in [0.5, 0.6) is 0 Å². The lowest BCUT2D eigenvalue weighted by molar-refractivity contribution is -0.289. The van der Waals surface area contributed by atoms with Gasteiger partial charge in [0.05, 0.1) is 24.9 Å². The number of ether oxygens (including phenoxy) is 1. The summed E-state index contributed by atoms with van der Waals surface area (Å²) in [6.45, 7) is 22.3. The van der Waals surface area contributed by atoms with E-state index in [4.69, 9.17) is 4.74 Å². The van der Waals surface area contributed by atoms with Gasteiger partial charge in [0.2, 0.25) is 0 Å². The maximum atomic E-state index is 12.7. The summed E-state index contributed by atoms with van der Waals surface area (Å²) in [5, 5.41) is 29.5. The van der Waals surface area contributed by atoms with Crippen LogP contribution in [0.3, 0.4) is 0 Å². The fourth-order valence-corrected chi connectivity index (χ4v) is 15.0. The maximum absolute atomic E-state index is 12.7. The molecule has 6 aliphatic rings. The van der Waals surface area contributed by atoms with Crippen molar-refractivity contribution in [1.82, 2.24) is 10.2 Å². The first-order valence-corrected chi connectivity index (χ1v) is 21.3. The smallest absolute Gasteiger partial charge is 0.337 e. The van der Waals surface area contributed by atoms with Crippen LogP contribution < -0.4 is 5.32 Å². The number of hydrogen-bond donors (Lipinski definition) is 3.